The Morgan fingerprint density at radius 2 is 1.71 bits per heavy atom. The van der Waals surface area contributed by atoms with Gasteiger partial charge in [-0.15, -0.1) is 0 Å². The molecule has 0 aromatic heterocycles. The molecule has 0 aliphatic heterocycles. The lowest BCUT2D eigenvalue weighted by atomic mass is 10.0. The largest absolute Gasteiger partial charge is 0.241 e. The van der Waals surface area contributed by atoms with E-state index < -0.39 is 10.0 Å². The third kappa shape index (κ3) is 2.97. The van der Waals surface area contributed by atoms with Crippen molar-refractivity contribution in [3.8, 4) is 0 Å². The molecule has 0 saturated heterocycles. The standard InChI is InChI=1S/C17H21NO2S/c1-13(14-7-2-3-8-14)18-21(19,20)17-12-6-10-15-9-4-5-11-16(15)17/h4-6,9-14,18H,2-3,7-8H2,1H3/t13-/m0/s1. The van der Waals surface area contributed by atoms with Crippen LogP contribution in [0.4, 0.5) is 0 Å². The third-order valence-corrected chi connectivity index (χ3v) is 6.10. The molecule has 2 aromatic rings. The molecule has 2 aromatic carbocycles. The van der Waals surface area contributed by atoms with Crippen LogP contribution < -0.4 is 4.72 Å². The molecule has 1 N–H and O–H groups in total. The van der Waals surface area contributed by atoms with Crippen molar-refractivity contribution >= 4 is 20.8 Å². The zero-order valence-corrected chi connectivity index (χ0v) is 13.1. The Labute approximate surface area is 126 Å². The fourth-order valence-electron chi connectivity index (χ4n) is 3.29. The molecule has 0 heterocycles. The predicted octanol–water partition coefficient (Wildman–Crippen LogP) is 3.70. The summed E-state index contributed by atoms with van der Waals surface area (Å²) in [5.41, 5.74) is 0. The van der Waals surface area contributed by atoms with E-state index in [1.54, 1.807) is 12.1 Å². The van der Waals surface area contributed by atoms with Crippen molar-refractivity contribution in [3.63, 3.8) is 0 Å². The number of sulfonamides is 1. The maximum absolute atomic E-state index is 12.7. The van der Waals surface area contributed by atoms with Gasteiger partial charge in [0, 0.05) is 11.4 Å². The van der Waals surface area contributed by atoms with Crippen molar-refractivity contribution in [2.45, 2.75) is 43.5 Å². The number of hydrogen-bond acceptors (Lipinski definition) is 2. The van der Waals surface area contributed by atoms with E-state index in [0.717, 1.165) is 23.6 Å². The topological polar surface area (TPSA) is 46.2 Å². The normalized spacial score (nSPS) is 18.1. The Morgan fingerprint density at radius 3 is 2.48 bits per heavy atom. The third-order valence-electron chi connectivity index (χ3n) is 4.49. The SMILES string of the molecule is C[C@H](NS(=O)(=O)c1cccc2ccccc12)C1CCCC1. The van der Waals surface area contributed by atoms with E-state index in [9.17, 15) is 8.42 Å². The molecule has 21 heavy (non-hydrogen) atoms. The molecule has 1 aliphatic rings. The van der Waals surface area contributed by atoms with Crippen LogP contribution in [0.15, 0.2) is 47.4 Å². The molecule has 112 valence electrons. The van der Waals surface area contributed by atoms with Crippen molar-refractivity contribution in [1.82, 2.24) is 4.72 Å². The molecule has 0 amide bonds. The summed E-state index contributed by atoms with van der Waals surface area (Å²) in [5.74, 6) is 0.467. The maximum Gasteiger partial charge on any atom is 0.241 e. The molecule has 1 saturated carbocycles. The highest BCUT2D eigenvalue weighted by molar-refractivity contribution is 7.89. The zero-order valence-electron chi connectivity index (χ0n) is 12.2. The summed E-state index contributed by atoms with van der Waals surface area (Å²) in [6.07, 6.45) is 4.68. The Morgan fingerprint density at radius 1 is 1.05 bits per heavy atom. The van der Waals surface area contributed by atoms with Gasteiger partial charge in [-0.25, -0.2) is 13.1 Å². The number of fused-ring (bicyclic) bond motifs is 1. The second-order valence-electron chi connectivity index (χ2n) is 5.93. The molecule has 3 rings (SSSR count). The molecule has 1 aliphatic carbocycles. The van der Waals surface area contributed by atoms with Crippen molar-refractivity contribution in [3.05, 3.63) is 42.5 Å². The van der Waals surface area contributed by atoms with Crippen LogP contribution in [-0.4, -0.2) is 14.5 Å². The molecule has 0 bridgehead atoms. The highest BCUT2D eigenvalue weighted by Gasteiger charge is 2.26. The van der Waals surface area contributed by atoms with Crippen LogP contribution in [0.25, 0.3) is 10.8 Å². The van der Waals surface area contributed by atoms with Gasteiger partial charge in [0.1, 0.15) is 0 Å². The summed E-state index contributed by atoms with van der Waals surface area (Å²) in [6, 6.07) is 13.0. The van der Waals surface area contributed by atoms with Gasteiger partial charge < -0.3 is 0 Å². The number of nitrogens with one attached hydrogen (secondary N) is 1. The fraction of sp³-hybridized carbons (Fsp3) is 0.412. The van der Waals surface area contributed by atoms with Crippen LogP contribution in [0, 0.1) is 5.92 Å². The molecule has 0 unspecified atom stereocenters. The highest BCUT2D eigenvalue weighted by Crippen LogP contribution is 2.29. The summed E-state index contributed by atoms with van der Waals surface area (Å²) in [6.45, 7) is 1.98. The Hall–Kier alpha value is -1.39. The molecule has 0 radical (unpaired) electrons. The van der Waals surface area contributed by atoms with E-state index in [-0.39, 0.29) is 6.04 Å². The van der Waals surface area contributed by atoms with Gasteiger partial charge in [-0.1, -0.05) is 49.2 Å². The average Bonchev–Trinajstić information content (AvgIpc) is 3.00. The predicted molar refractivity (Wildman–Crippen MR) is 85.7 cm³/mol. The maximum atomic E-state index is 12.7. The zero-order chi connectivity index (χ0) is 14.9. The molecule has 1 atom stereocenters. The monoisotopic (exact) mass is 303 g/mol. The fourth-order valence-corrected chi connectivity index (χ4v) is 4.83. The lowest BCUT2D eigenvalue weighted by Gasteiger charge is -2.20. The minimum Gasteiger partial charge on any atom is -0.208 e. The summed E-state index contributed by atoms with van der Waals surface area (Å²) in [5, 5.41) is 1.74. The van der Waals surface area contributed by atoms with E-state index in [0.29, 0.717) is 10.8 Å². The van der Waals surface area contributed by atoms with Gasteiger partial charge in [-0.3, -0.25) is 0 Å². The van der Waals surface area contributed by atoms with Gasteiger partial charge in [-0.2, -0.15) is 0 Å². The summed E-state index contributed by atoms with van der Waals surface area (Å²) in [4.78, 5) is 0.380. The number of benzene rings is 2. The van der Waals surface area contributed by atoms with Crippen LogP contribution in [0.2, 0.25) is 0 Å². The van der Waals surface area contributed by atoms with Gasteiger partial charge >= 0.3 is 0 Å². The van der Waals surface area contributed by atoms with Crippen molar-refractivity contribution < 1.29 is 8.42 Å². The first-order chi connectivity index (χ1) is 10.1. The first kappa shape index (κ1) is 14.5. The molecule has 1 fully saturated rings. The van der Waals surface area contributed by atoms with Crippen LogP contribution >= 0.6 is 0 Å². The number of hydrogen-bond donors (Lipinski definition) is 1. The van der Waals surface area contributed by atoms with Crippen LogP contribution in [0.1, 0.15) is 32.6 Å². The summed E-state index contributed by atoms with van der Waals surface area (Å²) >= 11 is 0. The van der Waals surface area contributed by atoms with Crippen molar-refractivity contribution in [2.75, 3.05) is 0 Å². The second kappa shape index (κ2) is 5.78. The van der Waals surface area contributed by atoms with E-state index in [4.69, 9.17) is 0 Å². The van der Waals surface area contributed by atoms with Gasteiger partial charge in [0.05, 0.1) is 4.90 Å². The lowest BCUT2D eigenvalue weighted by molar-refractivity contribution is 0.424. The molecule has 0 spiro atoms. The van der Waals surface area contributed by atoms with Crippen molar-refractivity contribution in [2.24, 2.45) is 5.92 Å². The Balaban J connectivity index is 1.93. The minimum atomic E-state index is -3.47. The first-order valence-corrected chi connectivity index (χ1v) is 9.06. The van der Waals surface area contributed by atoms with Crippen molar-refractivity contribution in [1.29, 1.82) is 0 Å². The quantitative estimate of drug-likeness (QED) is 0.936. The van der Waals surface area contributed by atoms with E-state index in [1.807, 2.05) is 37.3 Å². The first-order valence-electron chi connectivity index (χ1n) is 7.58. The Bertz CT molecular complexity index is 728. The van der Waals surface area contributed by atoms with Crippen LogP contribution in [0.5, 0.6) is 0 Å². The molecule has 3 nitrogen and oxygen atoms in total. The lowest BCUT2D eigenvalue weighted by Crippen LogP contribution is -2.37. The second-order valence-corrected chi connectivity index (χ2v) is 7.61. The van der Waals surface area contributed by atoms with Gasteiger partial charge in [0.25, 0.3) is 0 Å². The average molecular weight is 303 g/mol. The van der Waals surface area contributed by atoms with Crippen LogP contribution in [-0.2, 0) is 10.0 Å². The highest BCUT2D eigenvalue weighted by atomic mass is 32.2. The van der Waals surface area contributed by atoms with Gasteiger partial charge in [0.2, 0.25) is 10.0 Å². The van der Waals surface area contributed by atoms with E-state index in [1.165, 1.54) is 12.8 Å². The van der Waals surface area contributed by atoms with Gasteiger partial charge in [-0.05, 0) is 37.1 Å². The summed E-state index contributed by atoms with van der Waals surface area (Å²) in [7, 11) is -3.47. The van der Waals surface area contributed by atoms with Gasteiger partial charge in [0.15, 0.2) is 0 Å². The van der Waals surface area contributed by atoms with Crippen LogP contribution in [0.3, 0.4) is 0 Å². The summed E-state index contributed by atoms with van der Waals surface area (Å²) < 4.78 is 28.3. The molecule has 4 heteroatoms. The number of rotatable bonds is 4. The molecular weight excluding hydrogens is 282 g/mol. The van der Waals surface area contributed by atoms with E-state index in [2.05, 4.69) is 4.72 Å². The van der Waals surface area contributed by atoms with E-state index >= 15 is 0 Å². The minimum absolute atomic E-state index is 0.00327. The Kier molecular flexibility index (Phi) is 4.00. The smallest absolute Gasteiger partial charge is 0.208 e. The molecular formula is C17H21NO2S.